The van der Waals surface area contributed by atoms with E-state index in [1.807, 2.05) is 6.92 Å². The van der Waals surface area contributed by atoms with Crippen molar-refractivity contribution in [3.63, 3.8) is 0 Å². The quantitative estimate of drug-likeness (QED) is 0.409. The predicted molar refractivity (Wildman–Crippen MR) is 124 cm³/mol. The molecule has 1 atom stereocenters. The standard InChI is InChI=1S/C24H30FN3O3S/c1-4-6-7-10-17-28(32(30,31)19-15-13-18(25)14-16-19)22(5-2)23-26-21-12-9-8-11-20(21)24(29)27(23)3/h8-9,11-16,22H,4-7,10,17H2,1-3H3. The van der Waals surface area contributed by atoms with E-state index in [1.165, 1.54) is 21.0 Å². The molecule has 0 saturated heterocycles. The van der Waals surface area contributed by atoms with Crippen LogP contribution in [-0.4, -0.2) is 28.8 Å². The molecule has 0 bridgehead atoms. The first-order valence-corrected chi connectivity index (χ1v) is 12.5. The van der Waals surface area contributed by atoms with Gasteiger partial charge in [0.15, 0.2) is 0 Å². The topological polar surface area (TPSA) is 72.3 Å². The van der Waals surface area contributed by atoms with Crippen LogP contribution < -0.4 is 5.56 Å². The van der Waals surface area contributed by atoms with Crippen LogP contribution in [-0.2, 0) is 17.1 Å². The summed E-state index contributed by atoms with van der Waals surface area (Å²) in [5.74, 6) is -0.0959. The highest BCUT2D eigenvalue weighted by molar-refractivity contribution is 7.89. The van der Waals surface area contributed by atoms with Crippen molar-refractivity contribution in [3.05, 3.63) is 70.5 Å². The molecule has 0 aliphatic heterocycles. The van der Waals surface area contributed by atoms with Crippen LogP contribution in [0.25, 0.3) is 10.9 Å². The summed E-state index contributed by atoms with van der Waals surface area (Å²) in [7, 11) is -2.31. The van der Waals surface area contributed by atoms with Crippen molar-refractivity contribution in [2.45, 2.75) is 56.9 Å². The zero-order chi connectivity index (χ0) is 23.3. The summed E-state index contributed by atoms with van der Waals surface area (Å²) in [6, 6.07) is 11.3. The number of rotatable bonds is 10. The Labute approximate surface area is 188 Å². The molecule has 2 aromatic carbocycles. The maximum Gasteiger partial charge on any atom is 0.261 e. The van der Waals surface area contributed by atoms with Gasteiger partial charge in [-0.05, 0) is 49.2 Å². The Bertz CT molecular complexity index is 1220. The first-order valence-electron chi connectivity index (χ1n) is 11.0. The van der Waals surface area contributed by atoms with Crippen molar-refractivity contribution in [2.75, 3.05) is 6.54 Å². The molecule has 0 N–H and O–H groups in total. The lowest BCUT2D eigenvalue weighted by Gasteiger charge is -2.31. The van der Waals surface area contributed by atoms with Crippen molar-refractivity contribution >= 4 is 20.9 Å². The van der Waals surface area contributed by atoms with E-state index >= 15 is 0 Å². The first kappa shape index (κ1) is 24.1. The number of fused-ring (bicyclic) bond motifs is 1. The smallest absolute Gasteiger partial charge is 0.261 e. The van der Waals surface area contributed by atoms with Gasteiger partial charge in [-0.2, -0.15) is 4.31 Å². The third kappa shape index (κ3) is 4.91. The van der Waals surface area contributed by atoms with E-state index in [-0.39, 0.29) is 10.5 Å². The number of nitrogens with zero attached hydrogens (tertiary/aromatic N) is 3. The summed E-state index contributed by atoms with van der Waals surface area (Å²) in [5, 5.41) is 0.490. The van der Waals surface area contributed by atoms with Crippen molar-refractivity contribution in [3.8, 4) is 0 Å². The molecule has 6 nitrogen and oxygen atoms in total. The maximum absolute atomic E-state index is 13.6. The number of hydrogen-bond donors (Lipinski definition) is 0. The molecular weight excluding hydrogens is 429 g/mol. The summed E-state index contributed by atoms with van der Waals surface area (Å²) in [6.07, 6.45) is 4.06. The fourth-order valence-corrected chi connectivity index (χ4v) is 5.63. The van der Waals surface area contributed by atoms with Gasteiger partial charge in [-0.1, -0.05) is 45.2 Å². The largest absolute Gasteiger partial charge is 0.298 e. The van der Waals surface area contributed by atoms with Gasteiger partial charge < -0.3 is 0 Å². The molecule has 0 aliphatic rings. The van der Waals surface area contributed by atoms with E-state index in [1.54, 1.807) is 31.3 Å². The highest BCUT2D eigenvalue weighted by atomic mass is 32.2. The van der Waals surface area contributed by atoms with Crippen molar-refractivity contribution in [2.24, 2.45) is 7.05 Å². The van der Waals surface area contributed by atoms with Gasteiger partial charge in [0, 0.05) is 13.6 Å². The van der Waals surface area contributed by atoms with Gasteiger partial charge in [-0.15, -0.1) is 0 Å². The minimum absolute atomic E-state index is 0.0265. The minimum atomic E-state index is -3.94. The Balaban J connectivity index is 2.12. The molecule has 0 fully saturated rings. The summed E-state index contributed by atoms with van der Waals surface area (Å²) in [6.45, 7) is 4.27. The predicted octanol–water partition coefficient (Wildman–Crippen LogP) is 4.79. The van der Waals surface area contributed by atoms with Crippen LogP contribution in [0.1, 0.15) is 57.8 Å². The van der Waals surface area contributed by atoms with Crippen molar-refractivity contribution in [1.29, 1.82) is 0 Å². The lowest BCUT2D eigenvalue weighted by Crippen LogP contribution is -2.39. The van der Waals surface area contributed by atoms with Crippen LogP contribution in [0.2, 0.25) is 0 Å². The summed E-state index contributed by atoms with van der Waals surface area (Å²) in [4.78, 5) is 17.7. The molecule has 1 unspecified atom stereocenters. The normalized spacial score (nSPS) is 13.0. The highest BCUT2D eigenvalue weighted by Crippen LogP contribution is 2.30. The van der Waals surface area contributed by atoms with E-state index in [0.29, 0.717) is 36.1 Å². The zero-order valence-corrected chi connectivity index (χ0v) is 19.6. The molecule has 3 aromatic rings. The fourth-order valence-electron chi connectivity index (χ4n) is 3.93. The van der Waals surface area contributed by atoms with Crippen molar-refractivity contribution < 1.29 is 12.8 Å². The highest BCUT2D eigenvalue weighted by Gasteiger charge is 2.33. The minimum Gasteiger partial charge on any atom is -0.298 e. The number of aromatic nitrogens is 2. The average molecular weight is 460 g/mol. The molecule has 1 heterocycles. The second kappa shape index (κ2) is 10.4. The lowest BCUT2D eigenvalue weighted by atomic mass is 10.1. The average Bonchev–Trinajstić information content (AvgIpc) is 2.79. The maximum atomic E-state index is 13.6. The molecule has 0 aliphatic carbocycles. The monoisotopic (exact) mass is 459 g/mol. The Morgan fingerprint density at radius 1 is 1.03 bits per heavy atom. The SMILES string of the molecule is CCCCCCN(C(CC)c1nc2ccccc2c(=O)n1C)S(=O)(=O)c1ccc(F)cc1. The number of para-hydroxylation sites is 1. The Morgan fingerprint density at radius 3 is 2.38 bits per heavy atom. The fraction of sp³-hybridized carbons (Fsp3) is 0.417. The molecule has 172 valence electrons. The number of hydrogen-bond acceptors (Lipinski definition) is 4. The Hall–Kier alpha value is -2.58. The molecule has 32 heavy (non-hydrogen) atoms. The summed E-state index contributed by atoms with van der Waals surface area (Å²) < 4.78 is 43.6. The van der Waals surface area contributed by atoms with E-state index in [9.17, 15) is 17.6 Å². The number of sulfonamides is 1. The van der Waals surface area contributed by atoms with Gasteiger partial charge in [0.05, 0.1) is 21.8 Å². The van der Waals surface area contributed by atoms with E-state index in [0.717, 1.165) is 31.4 Å². The van der Waals surface area contributed by atoms with Gasteiger partial charge >= 0.3 is 0 Å². The van der Waals surface area contributed by atoms with E-state index in [4.69, 9.17) is 4.98 Å². The first-order chi connectivity index (χ1) is 15.3. The van der Waals surface area contributed by atoms with E-state index < -0.39 is 21.9 Å². The lowest BCUT2D eigenvalue weighted by molar-refractivity contribution is 0.292. The van der Waals surface area contributed by atoms with Gasteiger partial charge in [0.2, 0.25) is 10.0 Å². The molecule has 0 amide bonds. The molecule has 0 saturated carbocycles. The van der Waals surface area contributed by atoms with Crippen molar-refractivity contribution in [1.82, 2.24) is 13.9 Å². The summed E-state index contributed by atoms with van der Waals surface area (Å²) >= 11 is 0. The third-order valence-corrected chi connectivity index (χ3v) is 7.62. The number of unbranched alkanes of at least 4 members (excludes halogenated alkanes) is 3. The van der Waals surface area contributed by atoms with Gasteiger partial charge in [0.25, 0.3) is 5.56 Å². The van der Waals surface area contributed by atoms with Crippen LogP contribution in [0.3, 0.4) is 0 Å². The van der Waals surface area contributed by atoms with Gasteiger partial charge in [0.1, 0.15) is 11.6 Å². The molecule has 3 rings (SSSR count). The number of halogens is 1. The van der Waals surface area contributed by atoms with Gasteiger partial charge in [-0.25, -0.2) is 17.8 Å². The van der Waals surface area contributed by atoms with Crippen LogP contribution in [0.5, 0.6) is 0 Å². The molecule has 1 aromatic heterocycles. The molecule has 8 heteroatoms. The Morgan fingerprint density at radius 2 is 1.72 bits per heavy atom. The molecule has 0 radical (unpaired) electrons. The second-order valence-corrected chi connectivity index (χ2v) is 9.80. The summed E-state index contributed by atoms with van der Waals surface area (Å²) in [5.41, 5.74) is 0.323. The van der Waals surface area contributed by atoms with Crippen LogP contribution >= 0.6 is 0 Å². The Kier molecular flexibility index (Phi) is 7.79. The van der Waals surface area contributed by atoms with Gasteiger partial charge in [-0.3, -0.25) is 9.36 Å². The molecular formula is C24H30FN3O3S. The van der Waals surface area contributed by atoms with Crippen LogP contribution in [0.4, 0.5) is 4.39 Å². The van der Waals surface area contributed by atoms with E-state index in [2.05, 4.69) is 6.92 Å². The third-order valence-electron chi connectivity index (χ3n) is 5.70. The number of benzene rings is 2. The second-order valence-electron chi connectivity index (χ2n) is 7.91. The van der Waals surface area contributed by atoms with Crippen LogP contribution in [0, 0.1) is 5.82 Å². The molecule has 0 spiro atoms. The van der Waals surface area contributed by atoms with Crippen LogP contribution in [0.15, 0.2) is 58.2 Å². The zero-order valence-electron chi connectivity index (χ0n) is 18.8.